The second-order valence-electron chi connectivity index (χ2n) is 3.87. The van der Waals surface area contributed by atoms with Gasteiger partial charge >= 0.3 is 0 Å². The number of hydrogen-bond donors (Lipinski definition) is 1. The summed E-state index contributed by atoms with van der Waals surface area (Å²) in [4.78, 5) is 0. The van der Waals surface area contributed by atoms with Gasteiger partial charge in [0, 0.05) is 6.04 Å². The summed E-state index contributed by atoms with van der Waals surface area (Å²) >= 11 is 5.74. The predicted molar refractivity (Wildman–Crippen MR) is 67.4 cm³/mol. The van der Waals surface area contributed by atoms with Gasteiger partial charge in [0.05, 0.1) is 5.02 Å². The van der Waals surface area contributed by atoms with Gasteiger partial charge in [0.1, 0.15) is 5.82 Å². The molecule has 0 fully saturated rings. The Labute approximate surface area is 101 Å². The number of benzene rings is 1. The van der Waals surface area contributed by atoms with Crippen LogP contribution in [0, 0.1) is 5.82 Å². The van der Waals surface area contributed by atoms with Crippen LogP contribution in [0.5, 0.6) is 0 Å². The topological polar surface area (TPSA) is 12.0 Å². The van der Waals surface area contributed by atoms with E-state index >= 15 is 0 Å². The molecule has 1 aromatic carbocycles. The molecule has 0 aliphatic heterocycles. The second kappa shape index (κ2) is 6.02. The van der Waals surface area contributed by atoms with Crippen LogP contribution in [0.2, 0.25) is 5.02 Å². The Bertz CT molecular complexity index is 376. The summed E-state index contributed by atoms with van der Waals surface area (Å²) in [5.74, 6) is -0.326. The Kier molecular flexibility index (Phi) is 4.97. The van der Waals surface area contributed by atoms with Crippen molar-refractivity contribution in [1.82, 2.24) is 5.32 Å². The first-order valence-electron chi connectivity index (χ1n) is 5.38. The van der Waals surface area contributed by atoms with E-state index in [1.54, 1.807) is 18.2 Å². The average molecular weight is 242 g/mol. The Morgan fingerprint density at radius 1 is 1.56 bits per heavy atom. The Hall–Kier alpha value is -0.860. The molecule has 1 unspecified atom stereocenters. The van der Waals surface area contributed by atoms with Crippen molar-refractivity contribution in [3.05, 3.63) is 46.8 Å². The minimum absolute atomic E-state index is 0.0953. The Morgan fingerprint density at radius 3 is 2.81 bits per heavy atom. The van der Waals surface area contributed by atoms with Crippen LogP contribution in [0.1, 0.15) is 19.4 Å². The number of nitrogens with one attached hydrogen (secondary N) is 1. The normalized spacial score (nSPS) is 12.5. The van der Waals surface area contributed by atoms with Crippen molar-refractivity contribution in [1.29, 1.82) is 0 Å². The van der Waals surface area contributed by atoms with Gasteiger partial charge in [0.2, 0.25) is 0 Å². The maximum absolute atomic E-state index is 13.7. The molecular weight excluding hydrogens is 225 g/mol. The molecule has 0 radical (unpaired) electrons. The van der Waals surface area contributed by atoms with Gasteiger partial charge in [-0.3, -0.25) is 0 Å². The molecule has 0 spiro atoms. The van der Waals surface area contributed by atoms with E-state index < -0.39 is 0 Å². The highest BCUT2D eigenvalue weighted by atomic mass is 35.5. The molecule has 0 aromatic heterocycles. The van der Waals surface area contributed by atoms with Crippen LogP contribution in [0.25, 0.3) is 0 Å². The van der Waals surface area contributed by atoms with Gasteiger partial charge in [-0.25, -0.2) is 4.39 Å². The van der Waals surface area contributed by atoms with Gasteiger partial charge in [-0.05, 0) is 31.5 Å². The largest absolute Gasteiger partial charge is 0.310 e. The number of rotatable bonds is 5. The lowest BCUT2D eigenvalue weighted by Gasteiger charge is -2.18. The maximum atomic E-state index is 13.7. The second-order valence-corrected chi connectivity index (χ2v) is 4.28. The molecule has 16 heavy (non-hydrogen) atoms. The van der Waals surface area contributed by atoms with Gasteiger partial charge in [0.15, 0.2) is 0 Å². The third-order valence-electron chi connectivity index (χ3n) is 2.50. The fourth-order valence-electron chi connectivity index (χ4n) is 1.59. The molecule has 1 N–H and O–H groups in total. The van der Waals surface area contributed by atoms with Crippen LogP contribution in [0.4, 0.5) is 4.39 Å². The molecule has 1 rings (SSSR count). The van der Waals surface area contributed by atoms with E-state index in [9.17, 15) is 4.39 Å². The zero-order valence-electron chi connectivity index (χ0n) is 9.69. The Balaban J connectivity index is 2.85. The molecule has 1 nitrogen and oxygen atoms in total. The molecule has 0 amide bonds. The molecule has 0 bridgehead atoms. The summed E-state index contributed by atoms with van der Waals surface area (Å²) in [6.45, 7) is 8.70. The highest BCUT2D eigenvalue weighted by Crippen LogP contribution is 2.20. The van der Waals surface area contributed by atoms with E-state index in [1.165, 1.54) is 0 Å². The summed E-state index contributed by atoms with van der Waals surface area (Å²) in [7, 11) is 0. The molecule has 1 atom stereocenters. The number of halogens is 2. The van der Waals surface area contributed by atoms with Gasteiger partial charge in [-0.2, -0.15) is 0 Å². The number of hydrogen-bond acceptors (Lipinski definition) is 1. The highest BCUT2D eigenvalue weighted by Gasteiger charge is 2.13. The van der Waals surface area contributed by atoms with Crippen LogP contribution in [0.15, 0.2) is 30.4 Å². The van der Waals surface area contributed by atoms with Crippen molar-refractivity contribution in [2.75, 3.05) is 6.54 Å². The first kappa shape index (κ1) is 13.2. The van der Waals surface area contributed by atoms with E-state index in [4.69, 9.17) is 11.6 Å². The summed E-state index contributed by atoms with van der Waals surface area (Å²) < 4.78 is 13.7. The van der Waals surface area contributed by atoms with Crippen LogP contribution in [0.3, 0.4) is 0 Å². The minimum Gasteiger partial charge on any atom is -0.310 e. The van der Waals surface area contributed by atoms with Crippen molar-refractivity contribution in [3.8, 4) is 0 Å². The molecule has 88 valence electrons. The van der Waals surface area contributed by atoms with Gasteiger partial charge < -0.3 is 5.32 Å². The zero-order valence-corrected chi connectivity index (χ0v) is 10.4. The molecule has 0 saturated heterocycles. The monoisotopic (exact) mass is 241 g/mol. The smallest absolute Gasteiger partial charge is 0.145 e. The quantitative estimate of drug-likeness (QED) is 0.777. The molecular formula is C13H17ClFN. The van der Waals surface area contributed by atoms with Crippen LogP contribution < -0.4 is 5.32 Å². The van der Waals surface area contributed by atoms with E-state index in [2.05, 4.69) is 11.9 Å². The fourth-order valence-corrected chi connectivity index (χ4v) is 1.79. The average Bonchev–Trinajstić information content (AvgIpc) is 2.23. The standard InChI is InChI=1S/C13H17ClFN/c1-4-16-12(9(2)3)8-10-6-5-7-11(14)13(10)15/h5-7,12,16H,2,4,8H2,1,3H3. The summed E-state index contributed by atoms with van der Waals surface area (Å²) in [5.41, 5.74) is 1.63. The first-order valence-corrected chi connectivity index (χ1v) is 5.75. The van der Waals surface area contributed by atoms with Crippen LogP contribution in [-0.4, -0.2) is 12.6 Å². The lowest BCUT2D eigenvalue weighted by atomic mass is 10.0. The van der Waals surface area contributed by atoms with Crippen molar-refractivity contribution < 1.29 is 4.39 Å². The van der Waals surface area contributed by atoms with Gasteiger partial charge in [0.25, 0.3) is 0 Å². The predicted octanol–water partition coefficient (Wildman–Crippen LogP) is 3.58. The van der Waals surface area contributed by atoms with Crippen molar-refractivity contribution in [2.45, 2.75) is 26.3 Å². The highest BCUT2D eigenvalue weighted by molar-refractivity contribution is 6.30. The van der Waals surface area contributed by atoms with E-state index in [0.29, 0.717) is 12.0 Å². The lowest BCUT2D eigenvalue weighted by molar-refractivity contribution is 0.556. The van der Waals surface area contributed by atoms with Crippen molar-refractivity contribution in [3.63, 3.8) is 0 Å². The van der Waals surface area contributed by atoms with E-state index in [-0.39, 0.29) is 16.9 Å². The summed E-state index contributed by atoms with van der Waals surface area (Å²) in [5, 5.41) is 3.44. The fraction of sp³-hybridized carbons (Fsp3) is 0.385. The van der Waals surface area contributed by atoms with Crippen LogP contribution in [-0.2, 0) is 6.42 Å². The van der Waals surface area contributed by atoms with Crippen molar-refractivity contribution >= 4 is 11.6 Å². The number of likely N-dealkylation sites (N-methyl/N-ethyl adjacent to an activating group) is 1. The molecule has 0 heterocycles. The van der Waals surface area contributed by atoms with Crippen molar-refractivity contribution in [2.24, 2.45) is 0 Å². The Morgan fingerprint density at radius 2 is 2.25 bits per heavy atom. The SMILES string of the molecule is C=C(C)C(Cc1cccc(Cl)c1F)NCC. The molecule has 1 aromatic rings. The maximum Gasteiger partial charge on any atom is 0.145 e. The van der Waals surface area contributed by atoms with Gasteiger partial charge in [-0.1, -0.05) is 42.8 Å². The first-order chi connectivity index (χ1) is 7.56. The van der Waals surface area contributed by atoms with E-state index in [1.807, 2.05) is 13.8 Å². The summed E-state index contributed by atoms with van der Waals surface area (Å²) in [6.07, 6.45) is 0.579. The summed E-state index contributed by atoms with van der Waals surface area (Å²) in [6, 6.07) is 5.18. The zero-order chi connectivity index (χ0) is 12.1. The minimum atomic E-state index is -0.326. The molecule has 3 heteroatoms. The third kappa shape index (κ3) is 3.32. The van der Waals surface area contributed by atoms with Crippen LogP contribution >= 0.6 is 11.6 Å². The third-order valence-corrected chi connectivity index (χ3v) is 2.79. The van der Waals surface area contributed by atoms with E-state index in [0.717, 1.165) is 12.1 Å². The molecule has 0 aliphatic carbocycles. The lowest BCUT2D eigenvalue weighted by Crippen LogP contribution is -2.32. The molecule has 0 saturated carbocycles. The molecule has 0 aliphatic rings. The van der Waals surface area contributed by atoms with Gasteiger partial charge in [-0.15, -0.1) is 0 Å².